The van der Waals surface area contributed by atoms with Gasteiger partial charge in [0.25, 0.3) is 5.91 Å². The summed E-state index contributed by atoms with van der Waals surface area (Å²) in [6.07, 6.45) is -9.10. The predicted octanol–water partition coefficient (Wildman–Crippen LogP) is 7.06. The Morgan fingerprint density at radius 3 is 2.11 bits per heavy atom. The molecule has 0 radical (unpaired) electrons. The van der Waals surface area contributed by atoms with Crippen molar-refractivity contribution < 1.29 is 40.7 Å². The second kappa shape index (κ2) is 14.4. The van der Waals surface area contributed by atoms with Crippen molar-refractivity contribution in [1.82, 2.24) is 14.7 Å². The van der Waals surface area contributed by atoms with Crippen LogP contribution in [0.3, 0.4) is 0 Å². The van der Waals surface area contributed by atoms with Crippen LogP contribution in [0.1, 0.15) is 57.9 Å². The molecule has 0 bridgehead atoms. The summed E-state index contributed by atoms with van der Waals surface area (Å²) < 4.78 is 86.6. The highest BCUT2D eigenvalue weighted by atomic mass is 19.4. The third kappa shape index (κ3) is 8.78. The summed E-state index contributed by atoms with van der Waals surface area (Å²) in [5, 5.41) is 0. The topological polar surface area (TPSA) is 53.1 Å². The molecule has 242 valence electrons. The number of hydrogen-bond donors (Lipinski definition) is 0. The van der Waals surface area contributed by atoms with Crippen LogP contribution in [-0.2, 0) is 23.7 Å². The van der Waals surface area contributed by atoms with Crippen molar-refractivity contribution in [1.29, 1.82) is 0 Å². The zero-order chi connectivity index (χ0) is 32.8. The molecule has 3 aromatic rings. The van der Waals surface area contributed by atoms with E-state index in [4.69, 9.17) is 4.74 Å². The van der Waals surface area contributed by atoms with Crippen LogP contribution < -0.4 is 4.74 Å². The van der Waals surface area contributed by atoms with E-state index < -0.39 is 41.0 Å². The molecule has 0 aromatic heterocycles. The first-order valence-electron chi connectivity index (χ1n) is 14.5. The molecular weight excluding hydrogens is 600 g/mol. The molecule has 3 aromatic carbocycles. The van der Waals surface area contributed by atoms with Gasteiger partial charge in [0.15, 0.2) is 0 Å². The number of halogens is 6. The van der Waals surface area contributed by atoms with E-state index in [9.17, 15) is 35.9 Å². The van der Waals surface area contributed by atoms with E-state index in [1.165, 1.54) is 4.90 Å². The van der Waals surface area contributed by atoms with Crippen molar-refractivity contribution in [3.63, 3.8) is 0 Å². The molecule has 12 heteroatoms. The van der Waals surface area contributed by atoms with Crippen LogP contribution >= 0.6 is 0 Å². The molecule has 45 heavy (non-hydrogen) atoms. The van der Waals surface area contributed by atoms with Crippen molar-refractivity contribution in [2.45, 2.75) is 44.2 Å². The first-order valence-corrected chi connectivity index (χ1v) is 14.5. The fourth-order valence-corrected chi connectivity index (χ4v) is 5.55. The number of alkyl halides is 6. The summed E-state index contributed by atoms with van der Waals surface area (Å²) in [4.78, 5) is 31.9. The van der Waals surface area contributed by atoms with E-state index in [1.807, 2.05) is 31.3 Å². The molecule has 1 aliphatic heterocycles. The van der Waals surface area contributed by atoms with Gasteiger partial charge >= 0.3 is 12.4 Å². The Morgan fingerprint density at radius 2 is 1.49 bits per heavy atom. The van der Waals surface area contributed by atoms with Gasteiger partial charge in [0.2, 0.25) is 5.91 Å². The normalized spacial score (nSPS) is 16.1. The Bertz CT molecular complexity index is 1430. The molecule has 0 spiro atoms. The largest absolute Gasteiger partial charge is 0.496 e. The second-order valence-corrected chi connectivity index (χ2v) is 11.0. The van der Waals surface area contributed by atoms with Gasteiger partial charge in [-0.05, 0) is 56.3 Å². The van der Waals surface area contributed by atoms with Crippen molar-refractivity contribution >= 4 is 11.8 Å². The lowest BCUT2D eigenvalue weighted by Gasteiger charge is -2.30. The molecule has 0 unspecified atom stereocenters. The molecule has 1 saturated heterocycles. The van der Waals surface area contributed by atoms with E-state index >= 15 is 0 Å². The van der Waals surface area contributed by atoms with E-state index in [0.717, 1.165) is 11.3 Å². The number of methoxy groups -OCH3 is 1. The number of ether oxygens (including phenoxy) is 1. The maximum atomic E-state index is 13.7. The summed E-state index contributed by atoms with van der Waals surface area (Å²) in [6, 6.07) is 16.6. The molecule has 1 aliphatic rings. The average Bonchev–Trinajstić information content (AvgIpc) is 3.23. The lowest BCUT2D eigenvalue weighted by Crippen LogP contribution is -2.38. The number of nitrogens with zero attached hydrogens (tertiary/aromatic N) is 3. The van der Waals surface area contributed by atoms with Crippen LogP contribution in [0.15, 0.2) is 72.8 Å². The van der Waals surface area contributed by atoms with Gasteiger partial charge < -0.3 is 19.4 Å². The van der Waals surface area contributed by atoms with Crippen molar-refractivity contribution in [3.8, 4) is 5.75 Å². The van der Waals surface area contributed by atoms with Crippen LogP contribution in [0, 0.1) is 0 Å². The predicted molar refractivity (Wildman–Crippen MR) is 156 cm³/mol. The summed E-state index contributed by atoms with van der Waals surface area (Å²) in [5.74, 6) is -0.329. The summed E-state index contributed by atoms with van der Waals surface area (Å²) in [5.41, 5.74) is -2.14. The minimum absolute atomic E-state index is 0.00205. The zero-order valence-corrected chi connectivity index (χ0v) is 25.0. The van der Waals surface area contributed by atoms with Crippen molar-refractivity contribution in [2.24, 2.45) is 0 Å². The molecule has 1 atom stereocenters. The zero-order valence-electron chi connectivity index (χ0n) is 25.0. The lowest BCUT2D eigenvalue weighted by atomic mass is 9.99. The van der Waals surface area contributed by atoms with Gasteiger partial charge in [0.05, 0.1) is 24.3 Å². The first-order chi connectivity index (χ1) is 21.3. The van der Waals surface area contributed by atoms with Gasteiger partial charge in [-0.2, -0.15) is 26.3 Å². The van der Waals surface area contributed by atoms with Crippen LogP contribution in [0.4, 0.5) is 26.3 Å². The number of amides is 2. The van der Waals surface area contributed by atoms with E-state index in [1.54, 1.807) is 42.3 Å². The minimum Gasteiger partial charge on any atom is -0.496 e. The Balaban J connectivity index is 1.49. The van der Waals surface area contributed by atoms with Crippen molar-refractivity contribution in [3.05, 3.63) is 101 Å². The number of para-hydroxylation sites is 1. The molecule has 1 heterocycles. The smallest absolute Gasteiger partial charge is 0.416 e. The number of carbonyl (C=O) groups excluding carboxylic acids is 2. The van der Waals surface area contributed by atoms with E-state index in [2.05, 4.69) is 4.90 Å². The van der Waals surface area contributed by atoms with Crippen LogP contribution in [-0.4, -0.2) is 66.9 Å². The second-order valence-electron chi connectivity index (χ2n) is 11.0. The third-order valence-corrected chi connectivity index (χ3v) is 7.86. The monoisotopic (exact) mass is 635 g/mol. The van der Waals surface area contributed by atoms with Crippen LogP contribution in [0.2, 0.25) is 0 Å². The standard InChI is InChI=1S/C33H35F6N3O3/c1-40(22-24-11-6-7-12-29(24)45-2)15-8-13-30(43)41-16-14-28(23-9-4-3-5-10-23)42(18-17-41)31(44)25-19-26(32(34,35)36)21-27(20-25)33(37,38)39/h3-7,9-12,19-21,28H,8,13-18,22H2,1-2H3/t28-/m0/s1. The van der Waals surface area contributed by atoms with E-state index in [-0.39, 0.29) is 44.4 Å². The van der Waals surface area contributed by atoms with Crippen LogP contribution in [0.25, 0.3) is 0 Å². The molecule has 2 amide bonds. The van der Waals surface area contributed by atoms with E-state index in [0.29, 0.717) is 37.2 Å². The SMILES string of the molecule is COc1ccccc1CN(C)CCCC(=O)N1CC[C@@H](c2ccccc2)N(C(=O)c2cc(C(F)(F)F)cc(C(F)(F)F)c2)CC1. The maximum Gasteiger partial charge on any atom is 0.416 e. The number of carbonyl (C=O) groups is 2. The quantitative estimate of drug-likeness (QED) is 0.236. The minimum atomic E-state index is -5.08. The molecule has 0 aliphatic carbocycles. The summed E-state index contributed by atoms with van der Waals surface area (Å²) in [7, 11) is 3.55. The molecular formula is C33H35F6N3O3. The molecule has 6 nitrogen and oxygen atoms in total. The Hall–Kier alpha value is -4.06. The number of benzene rings is 3. The third-order valence-electron chi connectivity index (χ3n) is 7.86. The lowest BCUT2D eigenvalue weighted by molar-refractivity contribution is -0.143. The Morgan fingerprint density at radius 1 is 0.867 bits per heavy atom. The molecule has 4 rings (SSSR count). The Kier molecular flexibility index (Phi) is 10.8. The molecule has 0 saturated carbocycles. The average molecular weight is 636 g/mol. The van der Waals surface area contributed by atoms with Gasteiger partial charge in [0.1, 0.15) is 5.75 Å². The fraction of sp³-hybridized carbons (Fsp3) is 0.394. The van der Waals surface area contributed by atoms with Crippen LogP contribution in [0.5, 0.6) is 5.75 Å². The fourth-order valence-electron chi connectivity index (χ4n) is 5.55. The molecule has 0 N–H and O–H groups in total. The van der Waals surface area contributed by atoms with Gasteiger partial charge in [0, 0.05) is 43.7 Å². The highest BCUT2D eigenvalue weighted by Gasteiger charge is 2.39. The maximum absolute atomic E-state index is 13.7. The van der Waals surface area contributed by atoms with Crippen molar-refractivity contribution in [2.75, 3.05) is 40.3 Å². The number of hydrogen-bond acceptors (Lipinski definition) is 4. The van der Waals surface area contributed by atoms with Gasteiger partial charge in [-0.25, -0.2) is 0 Å². The highest BCUT2D eigenvalue weighted by Crippen LogP contribution is 2.37. The molecule has 1 fully saturated rings. The van der Waals surface area contributed by atoms with Gasteiger partial charge in [-0.1, -0.05) is 48.5 Å². The number of rotatable bonds is 9. The first kappa shape index (κ1) is 33.8. The van der Waals surface area contributed by atoms with Gasteiger partial charge in [-0.15, -0.1) is 0 Å². The summed E-state index contributed by atoms with van der Waals surface area (Å²) >= 11 is 0. The van der Waals surface area contributed by atoms with Gasteiger partial charge in [-0.3, -0.25) is 9.59 Å². The summed E-state index contributed by atoms with van der Waals surface area (Å²) in [6.45, 7) is 1.57. The highest BCUT2D eigenvalue weighted by molar-refractivity contribution is 5.95. The Labute approximate surface area is 258 Å².